The first-order valence-electron chi connectivity index (χ1n) is 5.41. The Kier molecular flexibility index (Phi) is 3.72. The van der Waals surface area contributed by atoms with Crippen molar-refractivity contribution >= 4 is 27.6 Å². The molecule has 1 aromatic heterocycles. The van der Waals surface area contributed by atoms with E-state index in [2.05, 4.69) is 21.2 Å². The molecule has 0 aliphatic rings. The lowest BCUT2D eigenvalue weighted by Crippen LogP contribution is -2.05. The molecule has 0 saturated carbocycles. The lowest BCUT2D eigenvalue weighted by atomic mass is 10.2. The first kappa shape index (κ1) is 12.7. The summed E-state index contributed by atoms with van der Waals surface area (Å²) in [7, 11) is 0. The fraction of sp³-hybridized carbons (Fsp3) is 0.154. The van der Waals surface area contributed by atoms with Gasteiger partial charge < -0.3 is 14.8 Å². The topological polar surface area (TPSA) is 62.5 Å². The van der Waals surface area contributed by atoms with E-state index in [4.69, 9.17) is 9.52 Å². The molecule has 0 amide bonds. The monoisotopic (exact) mass is 309 g/mol. The molecule has 0 radical (unpaired) electrons. The van der Waals surface area contributed by atoms with E-state index in [-0.39, 0.29) is 11.6 Å². The highest BCUT2D eigenvalue weighted by molar-refractivity contribution is 9.10. The van der Waals surface area contributed by atoms with Crippen LogP contribution in [0.1, 0.15) is 29.1 Å². The Morgan fingerprint density at radius 3 is 2.44 bits per heavy atom. The molecule has 0 bridgehead atoms. The molecule has 4 nitrogen and oxygen atoms in total. The Bertz CT molecular complexity index is 548. The molecule has 2 aromatic rings. The van der Waals surface area contributed by atoms with Gasteiger partial charge in [0.05, 0.1) is 11.6 Å². The molecule has 1 heterocycles. The Balaban J connectivity index is 2.07. The zero-order valence-corrected chi connectivity index (χ0v) is 11.3. The van der Waals surface area contributed by atoms with E-state index in [1.807, 2.05) is 19.1 Å². The van der Waals surface area contributed by atoms with E-state index in [1.165, 1.54) is 0 Å². The second-order valence-corrected chi connectivity index (χ2v) is 4.67. The SMILES string of the molecule is CC(Nc1ccc(C(=O)O)cc1)c1ccc(Br)o1. The number of benzene rings is 1. The fourth-order valence-corrected chi connectivity index (χ4v) is 1.91. The Morgan fingerprint density at radius 1 is 1.28 bits per heavy atom. The van der Waals surface area contributed by atoms with E-state index < -0.39 is 5.97 Å². The van der Waals surface area contributed by atoms with Crippen molar-refractivity contribution in [3.05, 3.63) is 52.4 Å². The second kappa shape index (κ2) is 5.27. The molecular weight excluding hydrogens is 298 g/mol. The molecular formula is C13H12BrNO3. The second-order valence-electron chi connectivity index (χ2n) is 3.89. The van der Waals surface area contributed by atoms with Crippen molar-refractivity contribution in [1.29, 1.82) is 0 Å². The third-order valence-corrected chi connectivity index (χ3v) is 2.96. The molecule has 18 heavy (non-hydrogen) atoms. The zero-order valence-electron chi connectivity index (χ0n) is 9.68. The Hall–Kier alpha value is -1.75. The van der Waals surface area contributed by atoms with Gasteiger partial charge in [0.15, 0.2) is 4.67 Å². The molecule has 1 aromatic carbocycles. The Morgan fingerprint density at radius 2 is 1.94 bits per heavy atom. The predicted molar refractivity (Wildman–Crippen MR) is 71.8 cm³/mol. The summed E-state index contributed by atoms with van der Waals surface area (Å²) >= 11 is 3.25. The maximum atomic E-state index is 10.7. The Labute approximate surface area is 113 Å². The molecule has 5 heteroatoms. The van der Waals surface area contributed by atoms with Gasteiger partial charge in [-0.2, -0.15) is 0 Å². The molecule has 2 rings (SSSR count). The van der Waals surface area contributed by atoms with Crippen molar-refractivity contribution in [2.75, 3.05) is 5.32 Å². The van der Waals surface area contributed by atoms with E-state index in [0.717, 1.165) is 11.4 Å². The number of nitrogens with one attached hydrogen (secondary N) is 1. The maximum absolute atomic E-state index is 10.7. The van der Waals surface area contributed by atoms with Gasteiger partial charge in [0, 0.05) is 5.69 Å². The fourth-order valence-electron chi connectivity index (χ4n) is 1.59. The van der Waals surface area contributed by atoms with Gasteiger partial charge in [-0.05, 0) is 59.3 Å². The van der Waals surface area contributed by atoms with Crippen molar-refractivity contribution in [3.8, 4) is 0 Å². The molecule has 0 aliphatic heterocycles. The van der Waals surface area contributed by atoms with Crippen molar-refractivity contribution in [3.63, 3.8) is 0 Å². The summed E-state index contributed by atoms with van der Waals surface area (Å²) in [4.78, 5) is 10.7. The van der Waals surface area contributed by atoms with Crippen LogP contribution in [0.2, 0.25) is 0 Å². The highest BCUT2D eigenvalue weighted by atomic mass is 79.9. The van der Waals surface area contributed by atoms with Crippen LogP contribution in [0.25, 0.3) is 0 Å². The lowest BCUT2D eigenvalue weighted by molar-refractivity contribution is 0.0697. The number of carboxylic acids is 1. The smallest absolute Gasteiger partial charge is 0.335 e. The predicted octanol–water partition coefficient (Wildman–Crippen LogP) is 3.91. The third kappa shape index (κ3) is 2.92. The van der Waals surface area contributed by atoms with E-state index in [0.29, 0.717) is 4.67 Å². The quantitative estimate of drug-likeness (QED) is 0.898. The van der Waals surface area contributed by atoms with Gasteiger partial charge in [-0.1, -0.05) is 0 Å². The van der Waals surface area contributed by atoms with E-state index in [9.17, 15) is 4.79 Å². The largest absolute Gasteiger partial charge is 0.478 e. The van der Waals surface area contributed by atoms with Gasteiger partial charge in [-0.15, -0.1) is 0 Å². The zero-order chi connectivity index (χ0) is 13.1. The van der Waals surface area contributed by atoms with E-state index >= 15 is 0 Å². The normalized spacial score (nSPS) is 12.1. The molecule has 0 spiro atoms. The van der Waals surface area contributed by atoms with Gasteiger partial charge in [0.25, 0.3) is 0 Å². The number of furan rings is 1. The highest BCUT2D eigenvalue weighted by Gasteiger charge is 2.10. The average Bonchev–Trinajstić information content (AvgIpc) is 2.76. The van der Waals surface area contributed by atoms with Crippen molar-refractivity contribution in [2.45, 2.75) is 13.0 Å². The number of rotatable bonds is 4. The molecule has 94 valence electrons. The minimum absolute atomic E-state index is 0.00646. The van der Waals surface area contributed by atoms with Crippen LogP contribution in [-0.2, 0) is 0 Å². The van der Waals surface area contributed by atoms with Crippen molar-refractivity contribution in [2.24, 2.45) is 0 Å². The first-order chi connectivity index (χ1) is 8.56. The van der Waals surface area contributed by atoms with Crippen molar-refractivity contribution in [1.82, 2.24) is 0 Å². The number of hydrogen-bond donors (Lipinski definition) is 2. The molecule has 0 fully saturated rings. The van der Waals surface area contributed by atoms with Crippen LogP contribution in [0.15, 0.2) is 45.5 Å². The molecule has 1 atom stereocenters. The maximum Gasteiger partial charge on any atom is 0.335 e. The van der Waals surface area contributed by atoms with Gasteiger partial charge >= 0.3 is 5.97 Å². The summed E-state index contributed by atoms with van der Waals surface area (Å²) in [6.07, 6.45) is 0. The van der Waals surface area contributed by atoms with E-state index in [1.54, 1.807) is 24.3 Å². The number of carboxylic acid groups (broad SMARTS) is 1. The highest BCUT2D eigenvalue weighted by Crippen LogP contribution is 2.23. The van der Waals surface area contributed by atoms with Crippen LogP contribution < -0.4 is 5.32 Å². The van der Waals surface area contributed by atoms with Crippen molar-refractivity contribution < 1.29 is 14.3 Å². The van der Waals surface area contributed by atoms with Gasteiger partial charge in [-0.25, -0.2) is 4.79 Å². The van der Waals surface area contributed by atoms with Gasteiger partial charge in [0.2, 0.25) is 0 Å². The average molecular weight is 310 g/mol. The number of anilines is 1. The van der Waals surface area contributed by atoms with Crippen LogP contribution in [0.4, 0.5) is 5.69 Å². The summed E-state index contributed by atoms with van der Waals surface area (Å²) in [6.45, 7) is 1.97. The van der Waals surface area contributed by atoms with Crippen LogP contribution in [0.3, 0.4) is 0 Å². The third-order valence-electron chi connectivity index (χ3n) is 2.54. The minimum atomic E-state index is -0.926. The summed E-state index contributed by atoms with van der Waals surface area (Å²) < 4.78 is 6.13. The summed E-state index contributed by atoms with van der Waals surface area (Å²) in [5.41, 5.74) is 1.12. The van der Waals surface area contributed by atoms with Crippen LogP contribution >= 0.6 is 15.9 Å². The minimum Gasteiger partial charge on any atom is -0.478 e. The van der Waals surface area contributed by atoms with Crippen LogP contribution in [0, 0.1) is 0 Å². The number of carbonyl (C=O) groups is 1. The molecule has 2 N–H and O–H groups in total. The molecule has 1 unspecified atom stereocenters. The summed E-state index contributed by atoms with van der Waals surface area (Å²) in [5, 5.41) is 12.0. The standard InChI is InChI=1S/C13H12BrNO3/c1-8(11-6-7-12(14)18-11)15-10-4-2-9(3-5-10)13(16)17/h2-8,15H,1H3,(H,16,17). The van der Waals surface area contributed by atoms with Crippen LogP contribution in [-0.4, -0.2) is 11.1 Å². The summed E-state index contributed by atoms with van der Waals surface area (Å²) in [6, 6.07) is 10.3. The van der Waals surface area contributed by atoms with Gasteiger partial charge in [0.1, 0.15) is 5.76 Å². The molecule has 0 saturated heterocycles. The summed E-state index contributed by atoms with van der Waals surface area (Å²) in [5.74, 6) is -0.117. The molecule has 0 aliphatic carbocycles. The number of hydrogen-bond acceptors (Lipinski definition) is 3. The first-order valence-corrected chi connectivity index (χ1v) is 6.20. The lowest BCUT2D eigenvalue weighted by Gasteiger charge is -2.12. The number of halogens is 1. The van der Waals surface area contributed by atoms with Gasteiger partial charge in [-0.3, -0.25) is 0 Å². The number of aromatic carboxylic acids is 1. The van der Waals surface area contributed by atoms with Crippen LogP contribution in [0.5, 0.6) is 0 Å².